The summed E-state index contributed by atoms with van der Waals surface area (Å²) in [6.45, 7) is 4.71. The summed E-state index contributed by atoms with van der Waals surface area (Å²) in [6.07, 6.45) is 0.975. The monoisotopic (exact) mass is 220 g/mol. The summed E-state index contributed by atoms with van der Waals surface area (Å²) in [4.78, 5) is 11.8. The van der Waals surface area contributed by atoms with E-state index in [0.29, 0.717) is 5.56 Å². The molecule has 0 atom stereocenters. The molecule has 0 aliphatic carbocycles. The van der Waals surface area contributed by atoms with Crippen LogP contribution in [0.25, 0.3) is 0 Å². The third-order valence-corrected chi connectivity index (χ3v) is 2.56. The summed E-state index contributed by atoms with van der Waals surface area (Å²) < 4.78 is 10.7. The van der Waals surface area contributed by atoms with E-state index in [9.17, 15) is 4.79 Å². The van der Waals surface area contributed by atoms with Gasteiger partial charge in [0.1, 0.15) is 12.4 Å². The highest BCUT2D eigenvalue weighted by Crippen LogP contribution is 2.25. The number of benzene rings is 1. The zero-order chi connectivity index (χ0) is 11.5. The van der Waals surface area contributed by atoms with Crippen LogP contribution in [0.2, 0.25) is 0 Å². The number of rotatable bonds is 4. The van der Waals surface area contributed by atoms with E-state index in [1.165, 1.54) is 0 Å². The van der Waals surface area contributed by atoms with Gasteiger partial charge >= 0.3 is 0 Å². The quantitative estimate of drug-likeness (QED) is 0.730. The third-order valence-electron chi connectivity index (χ3n) is 2.56. The Balaban J connectivity index is 2.06. The summed E-state index contributed by atoms with van der Waals surface area (Å²) in [7, 11) is 0. The van der Waals surface area contributed by atoms with Crippen molar-refractivity contribution in [3.8, 4) is 5.75 Å². The Morgan fingerprint density at radius 2 is 2.31 bits per heavy atom. The molecule has 2 rings (SSSR count). The van der Waals surface area contributed by atoms with Crippen LogP contribution < -0.4 is 4.74 Å². The van der Waals surface area contributed by atoms with Gasteiger partial charge < -0.3 is 9.47 Å². The molecule has 1 aromatic carbocycles. The Morgan fingerprint density at radius 3 is 3.06 bits per heavy atom. The van der Waals surface area contributed by atoms with Crippen LogP contribution in [0.3, 0.4) is 0 Å². The minimum absolute atomic E-state index is 0.0309. The fourth-order valence-corrected chi connectivity index (χ4v) is 1.69. The number of hydrogen-bond donors (Lipinski definition) is 0. The van der Waals surface area contributed by atoms with Gasteiger partial charge in [-0.2, -0.15) is 0 Å². The van der Waals surface area contributed by atoms with Gasteiger partial charge in [0.05, 0.1) is 12.7 Å². The molecule has 16 heavy (non-hydrogen) atoms. The van der Waals surface area contributed by atoms with Crippen LogP contribution in [0.15, 0.2) is 18.2 Å². The van der Waals surface area contributed by atoms with Crippen LogP contribution >= 0.6 is 0 Å². The van der Waals surface area contributed by atoms with Crippen LogP contribution in [-0.2, 0) is 11.2 Å². The van der Waals surface area contributed by atoms with E-state index in [4.69, 9.17) is 9.47 Å². The van der Waals surface area contributed by atoms with E-state index in [1.54, 1.807) is 6.07 Å². The zero-order valence-corrected chi connectivity index (χ0v) is 9.66. The lowest BCUT2D eigenvalue weighted by Gasteiger charge is -2.07. The van der Waals surface area contributed by atoms with Gasteiger partial charge in [-0.15, -0.1) is 0 Å². The van der Waals surface area contributed by atoms with Gasteiger partial charge in [0, 0.05) is 12.0 Å². The molecular formula is C13H16O3. The van der Waals surface area contributed by atoms with Crippen LogP contribution in [0, 0.1) is 0 Å². The molecule has 0 amide bonds. The number of hydrogen-bond acceptors (Lipinski definition) is 3. The molecule has 1 aromatic rings. The summed E-state index contributed by atoms with van der Waals surface area (Å²) >= 11 is 0. The van der Waals surface area contributed by atoms with E-state index in [0.717, 1.165) is 24.3 Å². The minimum Gasteiger partial charge on any atom is -0.493 e. The van der Waals surface area contributed by atoms with Crippen LogP contribution in [0.4, 0.5) is 0 Å². The molecule has 3 heteroatoms. The Bertz CT molecular complexity index is 396. The SMILES string of the molecule is CC(C)OCC(=O)c1ccc2c(c1)CCO2. The average molecular weight is 220 g/mol. The summed E-state index contributed by atoms with van der Waals surface area (Å²) in [6, 6.07) is 5.58. The second-order valence-corrected chi connectivity index (χ2v) is 4.20. The highest BCUT2D eigenvalue weighted by Gasteiger charge is 2.15. The number of carbonyl (C=O) groups is 1. The van der Waals surface area contributed by atoms with Crippen molar-refractivity contribution in [1.82, 2.24) is 0 Å². The van der Waals surface area contributed by atoms with Gasteiger partial charge in [0.2, 0.25) is 0 Å². The highest BCUT2D eigenvalue weighted by atomic mass is 16.5. The largest absolute Gasteiger partial charge is 0.493 e. The van der Waals surface area contributed by atoms with Crippen molar-refractivity contribution in [1.29, 1.82) is 0 Å². The molecular weight excluding hydrogens is 204 g/mol. The van der Waals surface area contributed by atoms with Gasteiger partial charge in [-0.1, -0.05) is 0 Å². The molecule has 3 nitrogen and oxygen atoms in total. The molecule has 0 saturated carbocycles. The highest BCUT2D eigenvalue weighted by molar-refractivity contribution is 5.97. The number of fused-ring (bicyclic) bond motifs is 1. The lowest BCUT2D eigenvalue weighted by molar-refractivity contribution is 0.0585. The summed E-state index contributed by atoms with van der Waals surface area (Å²) in [5.41, 5.74) is 1.83. The van der Waals surface area contributed by atoms with Gasteiger partial charge in [-0.3, -0.25) is 4.79 Å². The predicted molar refractivity (Wildman–Crippen MR) is 61.1 cm³/mol. The molecule has 0 saturated heterocycles. The molecule has 0 spiro atoms. The number of ketones is 1. The summed E-state index contributed by atoms with van der Waals surface area (Å²) in [5.74, 6) is 0.935. The van der Waals surface area contributed by atoms with Gasteiger partial charge in [0.25, 0.3) is 0 Å². The van der Waals surface area contributed by atoms with Crippen molar-refractivity contribution in [2.24, 2.45) is 0 Å². The average Bonchev–Trinajstić information content (AvgIpc) is 2.72. The first-order valence-corrected chi connectivity index (χ1v) is 5.57. The molecule has 0 aromatic heterocycles. The fraction of sp³-hybridized carbons (Fsp3) is 0.462. The number of ether oxygens (including phenoxy) is 2. The molecule has 1 heterocycles. The molecule has 0 fully saturated rings. The molecule has 86 valence electrons. The normalized spacial score (nSPS) is 13.7. The van der Waals surface area contributed by atoms with Crippen molar-refractivity contribution >= 4 is 5.78 Å². The number of Topliss-reactive ketones (excluding diaryl/α,β-unsaturated/α-hetero) is 1. The van der Waals surface area contributed by atoms with E-state index in [-0.39, 0.29) is 18.5 Å². The lowest BCUT2D eigenvalue weighted by Crippen LogP contribution is -2.13. The maximum Gasteiger partial charge on any atom is 0.188 e. The Morgan fingerprint density at radius 1 is 1.50 bits per heavy atom. The predicted octanol–water partition coefficient (Wildman–Crippen LogP) is 2.23. The topological polar surface area (TPSA) is 35.5 Å². The van der Waals surface area contributed by atoms with Crippen molar-refractivity contribution in [3.63, 3.8) is 0 Å². The van der Waals surface area contributed by atoms with E-state index in [2.05, 4.69) is 0 Å². The molecule has 1 aliphatic heterocycles. The molecule has 0 radical (unpaired) electrons. The van der Waals surface area contributed by atoms with Gasteiger partial charge in [-0.05, 0) is 37.6 Å². The van der Waals surface area contributed by atoms with Crippen molar-refractivity contribution < 1.29 is 14.3 Å². The number of carbonyl (C=O) groups excluding carboxylic acids is 1. The lowest BCUT2D eigenvalue weighted by atomic mass is 10.1. The first kappa shape index (κ1) is 11.1. The molecule has 1 aliphatic rings. The van der Waals surface area contributed by atoms with Crippen molar-refractivity contribution in [2.75, 3.05) is 13.2 Å². The molecule has 0 N–H and O–H groups in total. The Hall–Kier alpha value is -1.35. The molecule has 0 unspecified atom stereocenters. The maximum absolute atomic E-state index is 11.8. The minimum atomic E-state index is 0.0309. The Kier molecular flexibility index (Phi) is 3.25. The fourth-order valence-electron chi connectivity index (χ4n) is 1.69. The standard InChI is InChI=1S/C13H16O3/c1-9(2)16-8-12(14)10-3-4-13-11(7-10)5-6-15-13/h3-4,7,9H,5-6,8H2,1-2H3. The van der Waals surface area contributed by atoms with Crippen LogP contribution in [-0.4, -0.2) is 25.1 Å². The van der Waals surface area contributed by atoms with Crippen LogP contribution in [0.5, 0.6) is 5.75 Å². The Labute approximate surface area is 95.4 Å². The first-order valence-electron chi connectivity index (χ1n) is 5.57. The van der Waals surface area contributed by atoms with Gasteiger partial charge in [0.15, 0.2) is 5.78 Å². The smallest absolute Gasteiger partial charge is 0.188 e. The maximum atomic E-state index is 11.8. The van der Waals surface area contributed by atoms with E-state index < -0.39 is 0 Å². The second kappa shape index (κ2) is 4.66. The van der Waals surface area contributed by atoms with E-state index >= 15 is 0 Å². The van der Waals surface area contributed by atoms with Crippen molar-refractivity contribution in [3.05, 3.63) is 29.3 Å². The zero-order valence-electron chi connectivity index (χ0n) is 9.66. The van der Waals surface area contributed by atoms with E-state index in [1.807, 2.05) is 26.0 Å². The molecule has 0 bridgehead atoms. The van der Waals surface area contributed by atoms with Crippen molar-refractivity contribution in [2.45, 2.75) is 26.4 Å². The first-order chi connectivity index (χ1) is 7.66. The van der Waals surface area contributed by atoms with Gasteiger partial charge in [-0.25, -0.2) is 0 Å². The third kappa shape index (κ3) is 2.42. The van der Waals surface area contributed by atoms with Crippen LogP contribution in [0.1, 0.15) is 29.8 Å². The second-order valence-electron chi connectivity index (χ2n) is 4.20. The summed E-state index contributed by atoms with van der Waals surface area (Å²) in [5, 5.41) is 0.